The van der Waals surface area contributed by atoms with Crippen LogP contribution in [0.1, 0.15) is 69.4 Å². The second kappa shape index (κ2) is 12.9. The first-order chi connectivity index (χ1) is 16.9. The van der Waals surface area contributed by atoms with Crippen LogP contribution in [-0.2, 0) is 14.3 Å². The van der Waals surface area contributed by atoms with E-state index in [0.717, 1.165) is 12.8 Å². The van der Waals surface area contributed by atoms with Crippen molar-refractivity contribution >= 4 is 18.0 Å². The molecule has 3 N–H and O–H groups in total. The summed E-state index contributed by atoms with van der Waals surface area (Å²) in [7, 11) is 0. The Morgan fingerprint density at radius 2 is 1.57 bits per heavy atom. The zero-order valence-electron chi connectivity index (χ0n) is 20.6. The maximum absolute atomic E-state index is 12.4. The number of ether oxygens (including phenoxy) is 1. The average molecular weight is 481 g/mol. The zero-order chi connectivity index (χ0) is 25.2. The van der Waals surface area contributed by atoms with Crippen LogP contribution in [-0.4, -0.2) is 42.3 Å². The molecule has 188 valence electrons. The largest absolute Gasteiger partial charge is 0.481 e. The van der Waals surface area contributed by atoms with Gasteiger partial charge in [-0.15, -0.1) is 0 Å². The van der Waals surface area contributed by atoms with Gasteiger partial charge in [0, 0.05) is 31.3 Å². The number of aliphatic carboxylic acids is 1. The van der Waals surface area contributed by atoms with Crippen LogP contribution in [0.15, 0.2) is 48.5 Å². The quantitative estimate of drug-likeness (QED) is 0.370. The predicted octanol–water partition coefficient (Wildman–Crippen LogP) is 5.09. The number of benzene rings is 2. The van der Waals surface area contributed by atoms with Crippen molar-refractivity contribution in [3.05, 3.63) is 59.7 Å². The predicted molar refractivity (Wildman–Crippen MR) is 135 cm³/mol. The summed E-state index contributed by atoms with van der Waals surface area (Å²) in [6.07, 6.45) is 2.77. The Balaban J connectivity index is 1.37. The molecule has 0 aromatic heterocycles. The molecule has 2 unspecified atom stereocenters. The molecule has 35 heavy (non-hydrogen) atoms. The molecular weight excluding hydrogens is 444 g/mol. The molecule has 0 radical (unpaired) electrons. The van der Waals surface area contributed by atoms with E-state index in [9.17, 15) is 14.4 Å². The third-order valence-electron chi connectivity index (χ3n) is 6.73. The van der Waals surface area contributed by atoms with Gasteiger partial charge in [-0.25, -0.2) is 4.79 Å². The van der Waals surface area contributed by atoms with Gasteiger partial charge in [-0.05, 0) is 54.4 Å². The summed E-state index contributed by atoms with van der Waals surface area (Å²) in [6, 6.07) is 16.2. The molecule has 2 aromatic rings. The van der Waals surface area contributed by atoms with Crippen molar-refractivity contribution < 1.29 is 24.2 Å². The number of carboxylic acids is 1. The molecular formula is C28H36N2O5. The van der Waals surface area contributed by atoms with Gasteiger partial charge in [-0.3, -0.25) is 9.59 Å². The summed E-state index contributed by atoms with van der Waals surface area (Å²) in [4.78, 5) is 35.3. The lowest BCUT2D eigenvalue weighted by Crippen LogP contribution is -2.35. The van der Waals surface area contributed by atoms with Crippen molar-refractivity contribution in [2.75, 3.05) is 13.2 Å². The topological polar surface area (TPSA) is 105 Å². The second-order valence-corrected chi connectivity index (χ2v) is 9.25. The number of amides is 2. The summed E-state index contributed by atoms with van der Waals surface area (Å²) in [5.74, 6) is -0.554. The molecule has 2 atom stereocenters. The zero-order valence-corrected chi connectivity index (χ0v) is 20.6. The molecule has 0 aliphatic heterocycles. The van der Waals surface area contributed by atoms with Crippen molar-refractivity contribution in [2.45, 2.75) is 64.3 Å². The highest BCUT2D eigenvalue weighted by Gasteiger charge is 2.29. The Hall–Kier alpha value is -3.35. The molecule has 0 bridgehead atoms. The van der Waals surface area contributed by atoms with E-state index in [2.05, 4.69) is 34.9 Å². The van der Waals surface area contributed by atoms with Gasteiger partial charge >= 0.3 is 12.1 Å². The molecule has 2 aromatic carbocycles. The summed E-state index contributed by atoms with van der Waals surface area (Å²) in [6.45, 7) is 4.68. The van der Waals surface area contributed by atoms with Crippen LogP contribution in [0.4, 0.5) is 4.79 Å². The summed E-state index contributed by atoms with van der Waals surface area (Å²) in [5.41, 5.74) is 4.70. The fourth-order valence-electron chi connectivity index (χ4n) is 4.65. The number of carboxylic acid groups (broad SMARTS) is 1. The van der Waals surface area contributed by atoms with Crippen LogP contribution in [0.3, 0.4) is 0 Å². The van der Waals surface area contributed by atoms with Crippen LogP contribution in [0.25, 0.3) is 11.1 Å². The highest BCUT2D eigenvalue weighted by Crippen LogP contribution is 2.44. The van der Waals surface area contributed by atoms with Gasteiger partial charge in [0.1, 0.15) is 6.61 Å². The third-order valence-corrected chi connectivity index (χ3v) is 6.73. The highest BCUT2D eigenvalue weighted by molar-refractivity contribution is 5.79. The number of rotatable bonds is 13. The highest BCUT2D eigenvalue weighted by atomic mass is 16.5. The van der Waals surface area contributed by atoms with Crippen molar-refractivity contribution in [2.24, 2.45) is 5.92 Å². The van der Waals surface area contributed by atoms with Crippen LogP contribution in [0.5, 0.6) is 0 Å². The minimum atomic E-state index is -0.787. The van der Waals surface area contributed by atoms with Crippen molar-refractivity contribution in [1.82, 2.24) is 10.6 Å². The van der Waals surface area contributed by atoms with E-state index in [1.165, 1.54) is 22.3 Å². The third kappa shape index (κ3) is 7.57. The first kappa shape index (κ1) is 26.3. The lowest BCUT2D eigenvalue weighted by Gasteiger charge is -2.17. The van der Waals surface area contributed by atoms with Gasteiger partial charge in [0.05, 0.1) is 0 Å². The van der Waals surface area contributed by atoms with E-state index in [1.807, 2.05) is 38.1 Å². The number of nitrogens with one attached hydrogen (secondary N) is 2. The van der Waals surface area contributed by atoms with Crippen LogP contribution >= 0.6 is 0 Å². The molecule has 1 aliphatic rings. The van der Waals surface area contributed by atoms with Crippen molar-refractivity contribution in [3.8, 4) is 11.1 Å². The molecule has 0 spiro atoms. The molecule has 0 heterocycles. The Kier molecular flexibility index (Phi) is 9.70. The minimum absolute atomic E-state index is 0.0108. The number of hydrogen-bond acceptors (Lipinski definition) is 4. The Morgan fingerprint density at radius 3 is 2.17 bits per heavy atom. The van der Waals surface area contributed by atoms with Crippen molar-refractivity contribution in [1.29, 1.82) is 0 Å². The van der Waals surface area contributed by atoms with E-state index in [4.69, 9.17) is 9.84 Å². The van der Waals surface area contributed by atoms with Crippen LogP contribution in [0, 0.1) is 5.92 Å². The van der Waals surface area contributed by atoms with Crippen molar-refractivity contribution in [3.63, 3.8) is 0 Å². The van der Waals surface area contributed by atoms with Gasteiger partial charge in [0.15, 0.2) is 0 Å². The normalized spacial score (nSPS) is 13.9. The molecule has 2 amide bonds. The van der Waals surface area contributed by atoms with Gasteiger partial charge in [0.2, 0.25) is 5.91 Å². The number of carbonyl (C=O) groups excluding carboxylic acids is 2. The monoisotopic (exact) mass is 480 g/mol. The second-order valence-electron chi connectivity index (χ2n) is 9.25. The molecule has 3 rings (SSSR count). The SMILES string of the molecule is CCC(CCNC(=O)CCC(C)NC(=O)OCC1c2ccccc2-c2ccccc21)CCC(=O)O. The number of alkyl carbamates (subject to hydrolysis) is 1. The first-order valence-corrected chi connectivity index (χ1v) is 12.5. The van der Waals surface area contributed by atoms with Gasteiger partial charge < -0.3 is 20.5 Å². The minimum Gasteiger partial charge on any atom is -0.481 e. The lowest BCUT2D eigenvalue weighted by atomic mass is 9.96. The molecule has 1 aliphatic carbocycles. The van der Waals surface area contributed by atoms with E-state index in [1.54, 1.807) is 0 Å². The van der Waals surface area contributed by atoms with Gasteiger partial charge in [0.25, 0.3) is 0 Å². The molecule has 0 saturated heterocycles. The number of fused-ring (bicyclic) bond motifs is 3. The fourth-order valence-corrected chi connectivity index (χ4v) is 4.65. The summed E-state index contributed by atoms with van der Waals surface area (Å²) >= 11 is 0. The summed E-state index contributed by atoms with van der Waals surface area (Å²) in [5, 5.41) is 14.5. The van der Waals surface area contributed by atoms with E-state index in [0.29, 0.717) is 31.7 Å². The Morgan fingerprint density at radius 1 is 0.943 bits per heavy atom. The van der Waals surface area contributed by atoms with Crippen LogP contribution < -0.4 is 10.6 Å². The lowest BCUT2D eigenvalue weighted by molar-refractivity contribution is -0.137. The fraction of sp³-hybridized carbons (Fsp3) is 0.464. The maximum Gasteiger partial charge on any atom is 0.407 e. The van der Waals surface area contributed by atoms with E-state index < -0.39 is 12.1 Å². The Labute approximate surface area is 207 Å². The number of carbonyl (C=O) groups is 3. The smallest absolute Gasteiger partial charge is 0.407 e. The van der Waals surface area contributed by atoms with Gasteiger partial charge in [-0.1, -0.05) is 61.9 Å². The molecule has 7 heteroatoms. The maximum atomic E-state index is 12.4. The molecule has 0 saturated carbocycles. The van der Waals surface area contributed by atoms with Gasteiger partial charge in [-0.2, -0.15) is 0 Å². The van der Waals surface area contributed by atoms with Crippen LogP contribution in [0.2, 0.25) is 0 Å². The summed E-state index contributed by atoms with van der Waals surface area (Å²) < 4.78 is 5.57. The first-order valence-electron chi connectivity index (χ1n) is 12.5. The average Bonchev–Trinajstić information content (AvgIpc) is 3.17. The Bertz CT molecular complexity index is 976. The standard InChI is InChI=1S/C28H36N2O5/c1-3-20(13-15-27(32)33)16-17-29-26(31)14-12-19(2)30-28(34)35-18-25-23-10-6-4-8-21(23)22-9-5-7-11-24(22)25/h4-11,19-20,25H,3,12-18H2,1-2H3,(H,29,31)(H,30,34)(H,32,33). The van der Waals surface area contributed by atoms with E-state index >= 15 is 0 Å². The molecule has 0 fully saturated rings. The molecule has 7 nitrogen and oxygen atoms in total. The van der Waals surface area contributed by atoms with E-state index in [-0.39, 0.29) is 30.9 Å². The number of hydrogen-bond donors (Lipinski definition) is 3.